The molecule has 17 heavy (non-hydrogen) atoms. The Kier molecular flexibility index (Phi) is 3.93. The van der Waals surface area contributed by atoms with Gasteiger partial charge in [-0.3, -0.25) is 10.1 Å². The molecule has 0 aromatic heterocycles. The van der Waals surface area contributed by atoms with Gasteiger partial charge in [-0.1, -0.05) is 11.6 Å². The van der Waals surface area contributed by atoms with E-state index in [0.717, 1.165) is 6.42 Å². The third kappa shape index (κ3) is 3.15. The predicted molar refractivity (Wildman–Crippen MR) is 62.1 cm³/mol. The average molecular weight is 258 g/mol. The zero-order chi connectivity index (χ0) is 12.3. The zero-order valence-corrected chi connectivity index (χ0v) is 9.85. The van der Waals surface area contributed by atoms with Gasteiger partial charge in [0.15, 0.2) is 0 Å². The monoisotopic (exact) mass is 257 g/mol. The molecule has 0 amide bonds. The van der Waals surface area contributed by atoms with Crippen LogP contribution < -0.4 is 0 Å². The first-order chi connectivity index (χ1) is 8.16. The molecule has 2 rings (SSSR count). The molecule has 1 aromatic rings. The Morgan fingerprint density at radius 1 is 1.59 bits per heavy atom. The van der Waals surface area contributed by atoms with Crippen LogP contribution in [-0.2, 0) is 16.1 Å². The SMILES string of the molecule is O=[N+]([O-])c1ccc(Cl)c(COC2CCOC2)c1. The second-order valence-electron chi connectivity index (χ2n) is 3.83. The fourth-order valence-electron chi connectivity index (χ4n) is 1.64. The average Bonchev–Trinajstić information content (AvgIpc) is 2.80. The van der Waals surface area contributed by atoms with Gasteiger partial charge >= 0.3 is 0 Å². The zero-order valence-electron chi connectivity index (χ0n) is 9.10. The normalized spacial score (nSPS) is 19.5. The summed E-state index contributed by atoms with van der Waals surface area (Å²) in [5.74, 6) is 0. The van der Waals surface area contributed by atoms with Crippen LogP contribution in [0.3, 0.4) is 0 Å². The number of halogens is 1. The number of rotatable bonds is 4. The smallest absolute Gasteiger partial charge is 0.269 e. The van der Waals surface area contributed by atoms with E-state index in [0.29, 0.717) is 23.8 Å². The van der Waals surface area contributed by atoms with Gasteiger partial charge in [-0.25, -0.2) is 0 Å². The maximum absolute atomic E-state index is 10.6. The molecule has 92 valence electrons. The highest BCUT2D eigenvalue weighted by molar-refractivity contribution is 6.31. The van der Waals surface area contributed by atoms with Crippen LogP contribution in [0.2, 0.25) is 5.02 Å². The predicted octanol–water partition coefficient (Wildman–Crippen LogP) is 2.55. The summed E-state index contributed by atoms with van der Waals surface area (Å²) in [4.78, 5) is 10.2. The van der Waals surface area contributed by atoms with E-state index in [-0.39, 0.29) is 18.4 Å². The van der Waals surface area contributed by atoms with Crippen molar-refractivity contribution in [1.82, 2.24) is 0 Å². The van der Waals surface area contributed by atoms with E-state index in [1.54, 1.807) is 0 Å². The number of nitro groups is 1. The highest BCUT2D eigenvalue weighted by atomic mass is 35.5. The van der Waals surface area contributed by atoms with Gasteiger partial charge in [-0.15, -0.1) is 0 Å². The Morgan fingerprint density at radius 2 is 2.41 bits per heavy atom. The van der Waals surface area contributed by atoms with Crippen molar-refractivity contribution >= 4 is 17.3 Å². The second kappa shape index (κ2) is 5.44. The van der Waals surface area contributed by atoms with Crippen molar-refractivity contribution in [3.05, 3.63) is 38.9 Å². The highest BCUT2D eigenvalue weighted by Gasteiger charge is 2.17. The van der Waals surface area contributed by atoms with E-state index < -0.39 is 4.92 Å². The molecular formula is C11H12ClNO4. The summed E-state index contributed by atoms with van der Waals surface area (Å²) in [6, 6.07) is 4.34. The fourth-order valence-corrected chi connectivity index (χ4v) is 1.81. The minimum absolute atomic E-state index is 0.0238. The maximum Gasteiger partial charge on any atom is 0.269 e. The van der Waals surface area contributed by atoms with Crippen molar-refractivity contribution in [1.29, 1.82) is 0 Å². The van der Waals surface area contributed by atoms with Crippen molar-refractivity contribution in [2.75, 3.05) is 13.2 Å². The summed E-state index contributed by atoms with van der Waals surface area (Å²) in [6.07, 6.45) is 0.914. The van der Waals surface area contributed by atoms with Crippen molar-refractivity contribution < 1.29 is 14.4 Å². The van der Waals surface area contributed by atoms with Crippen molar-refractivity contribution in [3.63, 3.8) is 0 Å². The fraction of sp³-hybridized carbons (Fsp3) is 0.455. The molecule has 1 aliphatic rings. The van der Waals surface area contributed by atoms with Gasteiger partial charge in [0.1, 0.15) is 0 Å². The minimum atomic E-state index is -0.446. The lowest BCUT2D eigenvalue weighted by molar-refractivity contribution is -0.385. The van der Waals surface area contributed by atoms with Crippen molar-refractivity contribution in [3.8, 4) is 0 Å². The van der Waals surface area contributed by atoms with E-state index in [1.165, 1.54) is 18.2 Å². The Balaban J connectivity index is 2.03. The molecule has 0 radical (unpaired) electrons. The number of nitrogens with zero attached hydrogens (tertiary/aromatic N) is 1. The van der Waals surface area contributed by atoms with Crippen LogP contribution in [-0.4, -0.2) is 24.2 Å². The molecule has 1 fully saturated rings. The Hall–Kier alpha value is -1.17. The van der Waals surface area contributed by atoms with Gasteiger partial charge in [0.05, 0.1) is 24.2 Å². The van der Waals surface area contributed by atoms with Gasteiger partial charge in [0.25, 0.3) is 5.69 Å². The van der Waals surface area contributed by atoms with Crippen LogP contribution in [0, 0.1) is 10.1 Å². The van der Waals surface area contributed by atoms with Crippen LogP contribution in [0.1, 0.15) is 12.0 Å². The van der Waals surface area contributed by atoms with Crippen molar-refractivity contribution in [2.24, 2.45) is 0 Å². The molecule has 0 N–H and O–H groups in total. The van der Waals surface area contributed by atoms with Gasteiger partial charge in [-0.05, 0) is 12.5 Å². The summed E-state index contributed by atoms with van der Waals surface area (Å²) in [7, 11) is 0. The molecular weight excluding hydrogens is 246 g/mol. The lowest BCUT2D eigenvalue weighted by Crippen LogP contribution is -2.12. The molecule has 5 nitrogen and oxygen atoms in total. The first-order valence-corrected chi connectivity index (χ1v) is 5.67. The van der Waals surface area contributed by atoms with Crippen LogP contribution in [0.25, 0.3) is 0 Å². The molecule has 0 bridgehead atoms. The molecule has 1 aromatic carbocycles. The van der Waals surface area contributed by atoms with Crippen LogP contribution in [0.15, 0.2) is 18.2 Å². The van der Waals surface area contributed by atoms with E-state index >= 15 is 0 Å². The van der Waals surface area contributed by atoms with Gasteiger partial charge in [0, 0.05) is 29.3 Å². The number of benzene rings is 1. The lowest BCUT2D eigenvalue weighted by Gasteiger charge is -2.10. The van der Waals surface area contributed by atoms with Crippen LogP contribution in [0.5, 0.6) is 0 Å². The quantitative estimate of drug-likeness (QED) is 0.614. The number of nitro benzene ring substituents is 1. The molecule has 0 aliphatic carbocycles. The molecule has 0 spiro atoms. The van der Waals surface area contributed by atoms with Crippen LogP contribution in [0.4, 0.5) is 5.69 Å². The molecule has 1 saturated heterocycles. The summed E-state index contributed by atoms with van der Waals surface area (Å²) in [6.45, 7) is 1.55. The Bertz CT molecular complexity index is 418. The molecule has 1 unspecified atom stereocenters. The summed E-state index contributed by atoms with van der Waals surface area (Å²) < 4.78 is 10.7. The number of non-ortho nitro benzene ring substituents is 1. The molecule has 1 atom stereocenters. The minimum Gasteiger partial charge on any atom is -0.379 e. The molecule has 6 heteroatoms. The highest BCUT2D eigenvalue weighted by Crippen LogP contribution is 2.23. The Morgan fingerprint density at radius 3 is 3.06 bits per heavy atom. The van der Waals surface area contributed by atoms with Crippen molar-refractivity contribution in [2.45, 2.75) is 19.1 Å². The topological polar surface area (TPSA) is 61.6 Å². The van der Waals surface area contributed by atoms with E-state index in [2.05, 4.69) is 0 Å². The number of ether oxygens (including phenoxy) is 2. The van der Waals surface area contributed by atoms with E-state index in [4.69, 9.17) is 21.1 Å². The third-order valence-corrected chi connectivity index (χ3v) is 2.97. The standard InChI is InChI=1S/C11H12ClNO4/c12-11-2-1-9(13(14)15)5-8(11)6-17-10-3-4-16-7-10/h1-2,5,10H,3-4,6-7H2. The second-order valence-corrected chi connectivity index (χ2v) is 4.24. The van der Waals surface area contributed by atoms with Crippen LogP contribution >= 0.6 is 11.6 Å². The van der Waals surface area contributed by atoms with E-state index in [9.17, 15) is 10.1 Å². The number of hydrogen-bond acceptors (Lipinski definition) is 4. The van der Waals surface area contributed by atoms with Gasteiger partial charge in [0.2, 0.25) is 0 Å². The first-order valence-electron chi connectivity index (χ1n) is 5.29. The van der Waals surface area contributed by atoms with E-state index in [1.807, 2.05) is 0 Å². The molecule has 1 heterocycles. The summed E-state index contributed by atoms with van der Waals surface area (Å²) in [5.41, 5.74) is 0.656. The largest absolute Gasteiger partial charge is 0.379 e. The van der Waals surface area contributed by atoms with Gasteiger partial charge in [-0.2, -0.15) is 0 Å². The Labute approximate surface area is 103 Å². The lowest BCUT2D eigenvalue weighted by atomic mass is 10.2. The summed E-state index contributed by atoms with van der Waals surface area (Å²) >= 11 is 5.95. The number of hydrogen-bond donors (Lipinski definition) is 0. The van der Waals surface area contributed by atoms with Gasteiger partial charge < -0.3 is 9.47 Å². The summed E-state index contributed by atoms with van der Waals surface area (Å²) in [5, 5.41) is 11.1. The molecule has 1 aliphatic heterocycles. The third-order valence-electron chi connectivity index (χ3n) is 2.60. The maximum atomic E-state index is 10.6. The molecule has 0 saturated carbocycles. The first kappa shape index (κ1) is 12.3.